The summed E-state index contributed by atoms with van der Waals surface area (Å²) >= 11 is 0. The Balaban J connectivity index is 2.46. The Morgan fingerprint density at radius 2 is 2.13 bits per heavy atom. The zero-order chi connectivity index (χ0) is 10.7. The summed E-state index contributed by atoms with van der Waals surface area (Å²) < 4.78 is 5.70. The summed E-state index contributed by atoms with van der Waals surface area (Å²) in [5.41, 5.74) is 0.897. The van der Waals surface area contributed by atoms with Crippen LogP contribution >= 0.6 is 0 Å². The minimum absolute atomic E-state index is 0.00222. The number of rotatable bonds is 3. The lowest BCUT2D eigenvalue weighted by atomic mass is 10.2. The molecule has 1 aromatic heterocycles. The molecule has 0 aliphatic heterocycles. The molecule has 76 valence electrons. The maximum absolute atomic E-state index is 5.70. The van der Waals surface area contributed by atoms with Crippen LogP contribution in [-0.4, -0.2) is 11.1 Å². The van der Waals surface area contributed by atoms with Crippen molar-refractivity contribution >= 4 is 10.9 Å². The van der Waals surface area contributed by atoms with Gasteiger partial charge in [0, 0.05) is 11.6 Å². The van der Waals surface area contributed by atoms with Crippen LogP contribution in [0.2, 0.25) is 0 Å². The van der Waals surface area contributed by atoms with Crippen LogP contribution in [0.25, 0.3) is 10.9 Å². The Hall–Kier alpha value is -1.83. The molecule has 0 radical (unpaired) electrons. The molecule has 0 aliphatic carbocycles. The maximum atomic E-state index is 5.70. The van der Waals surface area contributed by atoms with Gasteiger partial charge < -0.3 is 4.74 Å². The average Bonchev–Trinajstić information content (AvgIpc) is 2.29. The van der Waals surface area contributed by atoms with Crippen molar-refractivity contribution in [3.63, 3.8) is 0 Å². The molecule has 0 spiro atoms. The van der Waals surface area contributed by atoms with E-state index in [1.54, 1.807) is 12.3 Å². The largest absolute Gasteiger partial charge is 0.484 e. The highest BCUT2D eigenvalue weighted by molar-refractivity contribution is 5.84. The number of hydrogen-bond donors (Lipinski definition) is 0. The van der Waals surface area contributed by atoms with Gasteiger partial charge in [-0.05, 0) is 19.1 Å². The first-order chi connectivity index (χ1) is 7.31. The van der Waals surface area contributed by atoms with E-state index >= 15 is 0 Å². The van der Waals surface area contributed by atoms with Gasteiger partial charge in [-0.3, -0.25) is 4.98 Å². The van der Waals surface area contributed by atoms with Gasteiger partial charge in [-0.1, -0.05) is 30.9 Å². The third-order valence-corrected chi connectivity index (χ3v) is 2.24. The number of ether oxygens (including phenoxy) is 1. The van der Waals surface area contributed by atoms with Gasteiger partial charge in [0.1, 0.15) is 17.4 Å². The van der Waals surface area contributed by atoms with E-state index in [0.717, 1.165) is 16.7 Å². The van der Waals surface area contributed by atoms with Gasteiger partial charge in [0.15, 0.2) is 0 Å². The molecule has 2 aromatic rings. The van der Waals surface area contributed by atoms with Crippen molar-refractivity contribution in [2.24, 2.45) is 0 Å². The van der Waals surface area contributed by atoms with E-state index in [0.29, 0.717) is 0 Å². The van der Waals surface area contributed by atoms with E-state index in [9.17, 15) is 0 Å². The SMILES string of the molecule is C=CC(C)Oc1cccc2cccnc12. The molecule has 1 aromatic carbocycles. The molecule has 2 nitrogen and oxygen atoms in total. The fraction of sp³-hybridized carbons (Fsp3) is 0.154. The summed E-state index contributed by atoms with van der Waals surface area (Å²) in [5.74, 6) is 0.806. The third-order valence-electron chi connectivity index (χ3n) is 2.24. The highest BCUT2D eigenvalue weighted by Crippen LogP contribution is 2.23. The van der Waals surface area contributed by atoms with Gasteiger partial charge in [-0.15, -0.1) is 0 Å². The molecule has 15 heavy (non-hydrogen) atoms. The Kier molecular flexibility index (Phi) is 2.68. The van der Waals surface area contributed by atoms with Gasteiger partial charge in [0.25, 0.3) is 0 Å². The molecule has 0 amide bonds. The maximum Gasteiger partial charge on any atom is 0.146 e. The molecule has 0 saturated carbocycles. The number of nitrogens with zero attached hydrogens (tertiary/aromatic N) is 1. The molecule has 0 N–H and O–H groups in total. The van der Waals surface area contributed by atoms with Crippen molar-refractivity contribution in [1.29, 1.82) is 0 Å². The lowest BCUT2D eigenvalue weighted by molar-refractivity contribution is 0.273. The number of hydrogen-bond acceptors (Lipinski definition) is 2. The first kappa shape index (κ1) is 9.71. The number of benzene rings is 1. The molecule has 2 rings (SSSR count). The first-order valence-corrected chi connectivity index (χ1v) is 4.94. The summed E-state index contributed by atoms with van der Waals surface area (Å²) in [7, 11) is 0. The quantitative estimate of drug-likeness (QED) is 0.708. The summed E-state index contributed by atoms with van der Waals surface area (Å²) in [6.45, 7) is 5.64. The fourth-order valence-electron chi connectivity index (χ4n) is 1.42. The van der Waals surface area contributed by atoms with Gasteiger partial charge in [-0.25, -0.2) is 0 Å². The zero-order valence-electron chi connectivity index (χ0n) is 8.68. The van der Waals surface area contributed by atoms with E-state index in [4.69, 9.17) is 4.74 Å². The Morgan fingerprint density at radius 3 is 2.93 bits per heavy atom. The average molecular weight is 199 g/mol. The first-order valence-electron chi connectivity index (χ1n) is 4.94. The summed E-state index contributed by atoms with van der Waals surface area (Å²) in [6.07, 6.45) is 3.54. The van der Waals surface area contributed by atoms with Crippen LogP contribution in [-0.2, 0) is 0 Å². The van der Waals surface area contributed by atoms with Crippen molar-refractivity contribution in [3.8, 4) is 5.75 Å². The molecule has 0 bridgehead atoms. The summed E-state index contributed by atoms with van der Waals surface area (Å²) in [6, 6.07) is 9.86. The predicted molar refractivity (Wildman–Crippen MR) is 62.0 cm³/mol. The summed E-state index contributed by atoms with van der Waals surface area (Å²) in [4.78, 5) is 4.31. The fourth-order valence-corrected chi connectivity index (χ4v) is 1.42. The predicted octanol–water partition coefficient (Wildman–Crippen LogP) is 3.19. The highest BCUT2D eigenvalue weighted by atomic mass is 16.5. The molecule has 1 atom stereocenters. The number of para-hydroxylation sites is 1. The Morgan fingerprint density at radius 1 is 1.33 bits per heavy atom. The van der Waals surface area contributed by atoms with Crippen LogP contribution in [0, 0.1) is 0 Å². The minimum atomic E-state index is -0.00222. The molecule has 0 saturated heterocycles. The Bertz CT molecular complexity index is 473. The van der Waals surface area contributed by atoms with Gasteiger partial charge in [0.2, 0.25) is 0 Å². The normalized spacial score (nSPS) is 12.3. The molecular weight excluding hydrogens is 186 g/mol. The van der Waals surface area contributed by atoms with E-state index in [2.05, 4.69) is 11.6 Å². The molecular formula is C13H13NO. The lowest BCUT2D eigenvalue weighted by Crippen LogP contribution is -2.07. The number of pyridine rings is 1. The van der Waals surface area contributed by atoms with Crippen molar-refractivity contribution in [2.75, 3.05) is 0 Å². The van der Waals surface area contributed by atoms with Crippen LogP contribution in [0.15, 0.2) is 49.2 Å². The van der Waals surface area contributed by atoms with E-state index in [1.165, 1.54) is 0 Å². The molecule has 0 aliphatic rings. The summed E-state index contributed by atoms with van der Waals surface area (Å²) in [5, 5.41) is 1.09. The molecule has 1 unspecified atom stereocenters. The van der Waals surface area contributed by atoms with Crippen LogP contribution in [0.5, 0.6) is 5.75 Å². The Labute approximate surface area is 89.2 Å². The standard InChI is InChI=1S/C13H13NO/c1-3-10(2)15-12-8-4-6-11-7-5-9-14-13(11)12/h3-10H,1H2,2H3. The van der Waals surface area contributed by atoms with E-state index < -0.39 is 0 Å². The number of aromatic nitrogens is 1. The van der Waals surface area contributed by atoms with Crippen LogP contribution in [0.1, 0.15) is 6.92 Å². The van der Waals surface area contributed by atoms with Gasteiger partial charge in [0.05, 0.1) is 0 Å². The van der Waals surface area contributed by atoms with E-state index in [-0.39, 0.29) is 6.10 Å². The monoisotopic (exact) mass is 199 g/mol. The van der Waals surface area contributed by atoms with Crippen LogP contribution in [0.3, 0.4) is 0 Å². The molecule has 2 heteroatoms. The second-order valence-corrected chi connectivity index (χ2v) is 3.39. The van der Waals surface area contributed by atoms with Crippen LogP contribution < -0.4 is 4.74 Å². The van der Waals surface area contributed by atoms with Crippen molar-refractivity contribution in [3.05, 3.63) is 49.2 Å². The highest BCUT2D eigenvalue weighted by Gasteiger charge is 2.04. The molecule has 1 heterocycles. The van der Waals surface area contributed by atoms with Crippen LogP contribution in [0.4, 0.5) is 0 Å². The van der Waals surface area contributed by atoms with Crippen molar-refractivity contribution in [2.45, 2.75) is 13.0 Å². The van der Waals surface area contributed by atoms with Gasteiger partial charge >= 0.3 is 0 Å². The zero-order valence-corrected chi connectivity index (χ0v) is 8.68. The smallest absolute Gasteiger partial charge is 0.146 e. The van der Waals surface area contributed by atoms with Gasteiger partial charge in [-0.2, -0.15) is 0 Å². The van der Waals surface area contributed by atoms with Crippen molar-refractivity contribution < 1.29 is 4.74 Å². The van der Waals surface area contributed by atoms with Crippen molar-refractivity contribution in [1.82, 2.24) is 4.98 Å². The number of fused-ring (bicyclic) bond motifs is 1. The van der Waals surface area contributed by atoms with E-state index in [1.807, 2.05) is 37.3 Å². The minimum Gasteiger partial charge on any atom is -0.484 e. The molecule has 0 fully saturated rings. The lowest BCUT2D eigenvalue weighted by Gasteiger charge is -2.11. The second-order valence-electron chi connectivity index (χ2n) is 3.39. The topological polar surface area (TPSA) is 22.1 Å². The third kappa shape index (κ3) is 1.99. The second kappa shape index (κ2) is 4.13.